The van der Waals surface area contributed by atoms with Gasteiger partial charge in [-0.25, -0.2) is 4.85 Å². The van der Waals surface area contributed by atoms with Gasteiger partial charge < -0.3 is 0 Å². The zero-order chi connectivity index (χ0) is 15.8. The largest absolute Gasteiger partial charge is 0.238 e. The fraction of sp³-hybridized carbons (Fsp3) is 0.316. The van der Waals surface area contributed by atoms with Crippen molar-refractivity contribution >= 4 is 17.3 Å². The number of hydrogen-bond donors (Lipinski definition) is 0. The normalized spacial score (nSPS) is 10.0. The number of benzene rings is 2. The SMILES string of the molecule is CC(C)c1ccc(Cl)cc1.[C-]#[N+]c1ccc(C(C)C)cc1. The maximum absolute atomic E-state index is 6.75. The summed E-state index contributed by atoms with van der Waals surface area (Å²) in [5.74, 6) is 1.15. The molecule has 0 bridgehead atoms. The van der Waals surface area contributed by atoms with E-state index in [4.69, 9.17) is 18.2 Å². The van der Waals surface area contributed by atoms with E-state index >= 15 is 0 Å². The maximum Gasteiger partial charge on any atom is 0.187 e. The first-order valence-corrected chi connectivity index (χ1v) is 7.54. The molecule has 0 aliphatic carbocycles. The van der Waals surface area contributed by atoms with Gasteiger partial charge in [0.1, 0.15) is 0 Å². The van der Waals surface area contributed by atoms with E-state index in [0.29, 0.717) is 11.8 Å². The third-order valence-electron chi connectivity index (χ3n) is 3.23. The van der Waals surface area contributed by atoms with Crippen LogP contribution in [-0.2, 0) is 0 Å². The molecule has 0 unspecified atom stereocenters. The van der Waals surface area contributed by atoms with E-state index in [1.54, 1.807) is 0 Å². The van der Waals surface area contributed by atoms with Crippen LogP contribution in [0.3, 0.4) is 0 Å². The predicted molar refractivity (Wildman–Crippen MR) is 92.3 cm³/mol. The molecule has 0 aliphatic rings. The molecule has 0 N–H and O–H groups in total. The second-order valence-electron chi connectivity index (χ2n) is 5.56. The average molecular weight is 300 g/mol. The topological polar surface area (TPSA) is 4.36 Å². The lowest BCUT2D eigenvalue weighted by Crippen LogP contribution is -1.84. The van der Waals surface area contributed by atoms with Crippen LogP contribution in [0.25, 0.3) is 4.85 Å². The molecule has 0 heterocycles. The first-order chi connectivity index (χ1) is 9.93. The van der Waals surface area contributed by atoms with Crippen LogP contribution in [0.2, 0.25) is 5.02 Å². The Kier molecular flexibility index (Phi) is 6.99. The van der Waals surface area contributed by atoms with Crippen molar-refractivity contribution < 1.29 is 0 Å². The van der Waals surface area contributed by atoms with Crippen LogP contribution in [0.1, 0.15) is 50.7 Å². The van der Waals surface area contributed by atoms with E-state index in [-0.39, 0.29) is 0 Å². The van der Waals surface area contributed by atoms with Crippen molar-refractivity contribution in [1.29, 1.82) is 0 Å². The molecule has 0 amide bonds. The highest BCUT2D eigenvalue weighted by atomic mass is 35.5. The molecule has 2 rings (SSSR count). The Hall–Kier alpha value is -1.78. The first kappa shape index (κ1) is 17.3. The molecule has 2 heteroatoms. The Balaban J connectivity index is 0.000000211. The van der Waals surface area contributed by atoms with Gasteiger partial charge in [0.2, 0.25) is 0 Å². The van der Waals surface area contributed by atoms with Crippen LogP contribution in [0.15, 0.2) is 48.5 Å². The van der Waals surface area contributed by atoms with E-state index in [0.717, 1.165) is 10.7 Å². The van der Waals surface area contributed by atoms with Gasteiger partial charge in [-0.05, 0) is 35.1 Å². The molecule has 0 aliphatic heterocycles. The van der Waals surface area contributed by atoms with Gasteiger partial charge in [0.25, 0.3) is 0 Å². The van der Waals surface area contributed by atoms with Crippen molar-refractivity contribution in [2.24, 2.45) is 0 Å². The molecule has 0 spiro atoms. The van der Waals surface area contributed by atoms with E-state index in [1.165, 1.54) is 11.1 Å². The minimum absolute atomic E-state index is 0.551. The number of halogens is 1. The minimum atomic E-state index is 0.551. The predicted octanol–water partition coefficient (Wildman–Crippen LogP) is 6.82. The second kappa shape index (κ2) is 8.49. The number of hydrogen-bond acceptors (Lipinski definition) is 0. The van der Waals surface area contributed by atoms with Gasteiger partial charge in [-0.3, -0.25) is 0 Å². The van der Waals surface area contributed by atoms with E-state index < -0.39 is 0 Å². The van der Waals surface area contributed by atoms with Crippen molar-refractivity contribution in [1.82, 2.24) is 0 Å². The van der Waals surface area contributed by atoms with Crippen molar-refractivity contribution in [2.45, 2.75) is 39.5 Å². The fourth-order valence-electron chi connectivity index (χ4n) is 1.78. The summed E-state index contributed by atoms with van der Waals surface area (Å²) in [4.78, 5) is 3.32. The van der Waals surface area contributed by atoms with E-state index in [1.807, 2.05) is 36.4 Å². The molecular formula is C19H22ClN. The summed E-state index contributed by atoms with van der Waals surface area (Å²) >= 11 is 5.72. The molecule has 0 atom stereocenters. The van der Waals surface area contributed by atoms with Gasteiger partial charge in [0.15, 0.2) is 5.69 Å². The maximum atomic E-state index is 6.75. The molecule has 0 aromatic heterocycles. The van der Waals surface area contributed by atoms with E-state index in [9.17, 15) is 0 Å². The van der Waals surface area contributed by atoms with Crippen LogP contribution in [0.5, 0.6) is 0 Å². The summed E-state index contributed by atoms with van der Waals surface area (Å²) in [5.41, 5.74) is 3.34. The van der Waals surface area contributed by atoms with Crippen molar-refractivity contribution in [3.05, 3.63) is 76.1 Å². The van der Waals surface area contributed by atoms with Gasteiger partial charge in [0, 0.05) is 5.02 Å². The average Bonchev–Trinajstić information content (AvgIpc) is 2.48. The molecule has 21 heavy (non-hydrogen) atoms. The molecule has 0 radical (unpaired) electrons. The lowest BCUT2D eigenvalue weighted by Gasteiger charge is -2.03. The van der Waals surface area contributed by atoms with E-state index in [2.05, 4.69) is 44.7 Å². The molecule has 0 saturated heterocycles. The van der Waals surface area contributed by atoms with Crippen molar-refractivity contribution in [3.63, 3.8) is 0 Å². The van der Waals surface area contributed by atoms with Gasteiger partial charge in [0.05, 0.1) is 6.57 Å². The van der Waals surface area contributed by atoms with Crippen LogP contribution in [0.4, 0.5) is 5.69 Å². The Morgan fingerprint density at radius 2 is 1.14 bits per heavy atom. The standard InChI is InChI=1S/C10H11N.C9H11Cl/c1-8(2)9-4-6-10(11-3)7-5-9;1-7(2)8-3-5-9(10)6-4-8/h4-8H,1-2H3;3-7H,1-2H3. The lowest BCUT2D eigenvalue weighted by atomic mass is 10.0. The summed E-state index contributed by atoms with van der Waals surface area (Å²) in [6.45, 7) is 15.4. The number of rotatable bonds is 2. The van der Waals surface area contributed by atoms with Crippen molar-refractivity contribution in [2.75, 3.05) is 0 Å². The monoisotopic (exact) mass is 299 g/mol. The fourth-order valence-corrected chi connectivity index (χ4v) is 1.91. The summed E-state index contributed by atoms with van der Waals surface area (Å²) in [6.07, 6.45) is 0. The lowest BCUT2D eigenvalue weighted by molar-refractivity contribution is 0.867. The molecule has 2 aromatic rings. The van der Waals surface area contributed by atoms with Gasteiger partial charge in [-0.15, -0.1) is 0 Å². The number of nitrogens with zero attached hydrogens (tertiary/aromatic N) is 1. The zero-order valence-electron chi connectivity index (χ0n) is 13.1. The molecule has 0 saturated carbocycles. The minimum Gasteiger partial charge on any atom is -0.238 e. The Morgan fingerprint density at radius 1 is 0.762 bits per heavy atom. The van der Waals surface area contributed by atoms with Gasteiger partial charge in [-0.1, -0.05) is 75.7 Å². The Labute approximate surface area is 133 Å². The summed E-state index contributed by atoms with van der Waals surface area (Å²) in [5, 5.41) is 0.810. The van der Waals surface area contributed by atoms with Crippen LogP contribution < -0.4 is 0 Å². The van der Waals surface area contributed by atoms with Crippen molar-refractivity contribution in [3.8, 4) is 0 Å². The summed E-state index contributed by atoms with van der Waals surface area (Å²) < 4.78 is 0. The highest BCUT2D eigenvalue weighted by Gasteiger charge is 1.97. The summed E-state index contributed by atoms with van der Waals surface area (Å²) in [6, 6.07) is 15.7. The van der Waals surface area contributed by atoms with Crippen LogP contribution in [-0.4, -0.2) is 0 Å². The van der Waals surface area contributed by atoms with Crippen LogP contribution in [0, 0.1) is 6.57 Å². The molecule has 1 nitrogen and oxygen atoms in total. The first-order valence-electron chi connectivity index (χ1n) is 7.17. The van der Waals surface area contributed by atoms with Gasteiger partial charge >= 0.3 is 0 Å². The highest BCUT2D eigenvalue weighted by Crippen LogP contribution is 2.18. The second-order valence-corrected chi connectivity index (χ2v) is 6.00. The molecule has 0 fully saturated rings. The zero-order valence-corrected chi connectivity index (χ0v) is 13.9. The quantitative estimate of drug-likeness (QED) is 0.536. The summed E-state index contributed by atoms with van der Waals surface area (Å²) in [7, 11) is 0. The van der Waals surface area contributed by atoms with Crippen LogP contribution >= 0.6 is 11.6 Å². The molecule has 110 valence electrons. The molecule has 2 aromatic carbocycles. The third kappa shape index (κ3) is 6.02. The Bertz CT molecular complexity index is 574. The highest BCUT2D eigenvalue weighted by molar-refractivity contribution is 6.30. The smallest absolute Gasteiger partial charge is 0.187 e. The third-order valence-corrected chi connectivity index (χ3v) is 3.48. The Morgan fingerprint density at radius 3 is 1.48 bits per heavy atom. The molecular weight excluding hydrogens is 278 g/mol. The van der Waals surface area contributed by atoms with Gasteiger partial charge in [-0.2, -0.15) is 0 Å².